The van der Waals surface area contributed by atoms with Gasteiger partial charge in [-0.05, 0) is 0 Å². The Balaban J connectivity index is 4.51. The van der Waals surface area contributed by atoms with E-state index in [1.807, 2.05) is 0 Å². The molecule has 0 amide bonds. The van der Waals surface area contributed by atoms with Crippen LogP contribution in [0.3, 0.4) is 0 Å². The summed E-state index contributed by atoms with van der Waals surface area (Å²) in [6.07, 6.45) is 3.73. The van der Waals surface area contributed by atoms with Gasteiger partial charge in [0.05, 0.1) is 0 Å². The molecule has 0 N–H and O–H groups in total. The molecule has 90 valence electrons. The van der Waals surface area contributed by atoms with Crippen molar-refractivity contribution in [1.82, 2.24) is 0 Å². The van der Waals surface area contributed by atoms with Crippen molar-refractivity contribution in [2.24, 2.45) is 0 Å². The van der Waals surface area contributed by atoms with Crippen LogP contribution in [0.5, 0.6) is 0 Å². The molecule has 15 heavy (non-hydrogen) atoms. The first-order valence-corrected chi connectivity index (χ1v) is 14.3. The van der Waals surface area contributed by atoms with E-state index >= 15 is 0 Å². The van der Waals surface area contributed by atoms with Crippen LogP contribution in [0.15, 0.2) is 0 Å². The van der Waals surface area contributed by atoms with Gasteiger partial charge >= 0.3 is 98.8 Å². The Bertz CT molecular complexity index is 163. The standard InChI is InChI=1S/C3H5O2.3C3H7.Sn/c1-3(4)5-2;3*1-3-2;/h1H2,2H3;3*1,3H2,2H3;. The van der Waals surface area contributed by atoms with E-state index in [1.54, 1.807) is 0 Å². The summed E-state index contributed by atoms with van der Waals surface area (Å²) in [5.74, 6) is 0.0427. The molecular formula is C12H26O2Sn. The van der Waals surface area contributed by atoms with Gasteiger partial charge in [-0.25, -0.2) is 0 Å². The molecule has 0 saturated heterocycles. The van der Waals surface area contributed by atoms with Gasteiger partial charge in [-0.1, -0.05) is 0 Å². The molecule has 0 fully saturated rings. The van der Waals surface area contributed by atoms with Crippen molar-refractivity contribution in [3.05, 3.63) is 0 Å². The molecule has 0 heterocycles. The summed E-state index contributed by atoms with van der Waals surface area (Å²) in [6.45, 7) is 6.73. The van der Waals surface area contributed by atoms with E-state index in [1.165, 1.54) is 39.7 Å². The summed E-state index contributed by atoms with van der Waals surface area (Å²) in [6, 6.07) is 0. The van der Waals surface area contributed by atoms with Gasteiger partial charge < -0.3 is 0 Å². The van der Waals surface area contributed by atoms with Gasteiger partial charge in [-0.15, -0.1) is 0 Å². The third kappa shape index (κ3) is 5.78. The number of rotatable bonds is 8. The van der Waals surface area contributed by atoms with E-state index in [4.69, 9.17) is 4.74 Å². The first kappa shape index (κ1) is 15.3. The molecule has 0 spiro atoms. The predicted molar refractivity (Wildman–Crippen MR) is 67.9 cm³/mol. The molecule has 2 nitrogen and oxygen atoms in total. The number of esters is 1. The Morgan fingerprint density at radius 3 is 1.67 bits per heavy atom. The first-order valence-electron chi connectivity index (χ1n) is 6.21. The van der Waals surface area contributed by atoms with Gasteiger partial charge in [0, 0.05) is 0 Å². The fourth-order valence-electron chi connectivity index (χ4n) is 2.61. The van der Waals surface area contributed by atoms with Crippen LogP contribution in [-0.4, -0.2) is 31.5 Å². The second kappa shape index (κ2) is 8.42. The van der Waals surface area contributed by atoms with E-state index in [0.29, 0.717) is 0 Å². The fraction of sp³-hybridized carbons (Fsp3) is 0.917. The molecule has 0 aliphatic carbocycles. The Kier molecular flexibility index (Phi) is 8.57. The molecule has 0 radical (unpaired) electrons. The summed E-state index contributed by atoms with van der Waals surface area (Å²) in [7, 11) is 1.52. The number of ether oxygens (including phenoxy) is 1. The average molecular weight is 321 g/mol. The zero-order chi connectivity index (χ0) is 11.7. The van der Waals surface area contributed by atoms with Crippen LogP contribution in [0.2, 0.25) is 17.7 Å². The molecule has 0 bridgehead atoms. The maximum absolute atomic E-state index is 11.5. The summed E-state index contributed by atoms with van der Waals surface area (Å²) in [4.78, 5) is 11.5. The average Bonchev–Trinajstić information content (AvgIpc) is 2.18. The topological polar surface area (TPSA) is 26.3 Å². The molecule has 0 aromatic rings. The van der Waals surface area contributed by atoms with E-state index in [9.17, 15) is 4.79 Å². The molecule has 0 aliphatic heterocycles. The van der Waals surface area contributed by atoms with E-state index in [0.717, 1.165) is 4.44 Å². The Hall–Kier alpha value is 0.269. The van der Waals surface area contributed by atoms with Crippen molar-refractivity contribution in [3.63, 3.8) is 0 Å². The van der Waals surface area contributed by atoms with E-state index in [-0.39, 0.29) is 5.97 Å². The van der Waals surface area contributed by atoms with E-state index < -0.39 is 18.4 Å². The second-order valence-corrected chi connectivity index (χ2v) is 18.4. The zero-order valence-electron chi connectivity index (χ0n) is 10.8. The van der Waals surface area contributed by atoms with Crippen LogP contribution in [0.1, 0.15) is 40.0 Å². The quantitative estimate of drug-likeness (QED) is 0.502. The predicted octanol–water partition coefficient (Wildman–Crippen LogP) is 3.84. The number of hydrogen-bond donors (Lipinski definition) is 0. The minimum absolute atomic E-state index is 0.0427. The number of methoxy groups -OCH3 is 1. The number of carbonyl (C=O) groups is 1. The Morgan fingerprint density at radius 2 is 1.40 bits per heavy atom. The van der Waals surface area contributed by atoms with Gasteiger partial charge in [-0.3, -0.25) is 0 Å². The fourth-order valence-corrected chi connectivity index (χ4v) is 17.5. The van der Waals surface area contributed by atoms with Crippen LogP contribution >= 0.6 is 0 Å². The Labute approximate surface area is 98.6 Å². The minimum atomic E-state index is -2.15. The Morgan fingerprint density at radius 1 is 1.00 bits per heavy atom. The van der Waals surface area contributed by atoms with Crippen LogP contribution in [0, 0.1) is 0 Å². The summed E-state index contributed by atoms with van der Waals surface area (Å²) in [5, 5.41) is 0. The van der Waals surface area contributed by atoms with Crippen LogP contribution in [0.4, 0.5) is 0 Å². The van der Waals surface area contributed by atoms with Crippen LogP contribution in [-0.2, 0) is 9.53 Å². The van der Waals surface area contributed by atoms with Gasteiger partial charge in [-0.2, -0.15) is 0 Å². The summed E-state index contributed by atoms with van der Waals surface area (Å²) < 4.78 is 9.72. The molecule has 0 aromatic carbocycles. The van der Waals surface area contributed by atoms with Gasteiger partial charge in [0.25, 0.3) is 0 Å². The van der Waals surface area contributed by atoms with Gasteiger partial charge in [0.15, 0.2) is 0 Å². The van der Waals surface area contributed by atoms with Gasteiger partial charge in [0.2, 0.25) is 0 Å². The van der Waals surface area contributed by atoms with Crippen molar-refractivity contribution in [1.29, 1.82) is 0 Å². The SMILES string of the molecule is CC[CH2][Sn]([CH2]CC)([CH2]CC)[CH2]C(=O)OC. The molecule has 3 heteroatoms. The third-order valence-corrected chi connectivity index (χ3v) is 19.4. The van der Waals surface area contributed by atoms with Crippen LogP contribution < -0.4 is 0 Å². The molecule has 0 aliphatic rings. The zero-order valence-corrected chi connectivity index (χ0v) is 13.6. The van der Waals surface area contributed by atoms with Crippen molar-refractivity contribution >= 4 is 24.3 Å². The molecule has 0 aromatic heterocycles. The molecular weight excluding hydrogens is 295 g/mol. The van der Waals surface area contributed by atoms with Gasteiger partial charge in [0.1, 0.15) is 0 Å². The van der Waals surface area contributed by atoms with Crippen molar-refractivity contribution in [2.45, 2.75) is 57.8 Å². The molecule has 0 saturated carbocycles. The van der Waals surface area contributed by atoms with E-state index in [2.05, 4.69) is 20.8 Å². The summed E-state index contributed by atoms with van der Waals surface area (Å²) >= 11 is -2.15. The van der Waals surface area contributed by atoms with Crippen LogP contribution in [0.25, 0.3) is 0 Å². The van der Waals surface area contributed by atoms with Crippen molar-refractivity contribution in [2.75, 3.05) is 7.11 Å². The summed E-state index contributed by atoms with van der Waals surface area (Å²) in [5.41, 5.74) is 0. The second-order valence-electron chi connectivity index (χ2n) is 4.50. The molecule has 0 atom stereocenters. The molecule has 0 rings (SSSR count). The normalized spacial score (nSPS) is 11.5. The first-order chi connectivity index (χ1) is 7.14. The van der Waals surface area contributed by atoms with Crippen molar-refractivity contribution < 1.29 is 9.53 Å². The number of hydrogen-bond acceptors (Lipinski definition) is 2. The third-order valence-electron chi connectivity index (χ3n) is 3.09. The maximum atomic E-state index is 11.5. The van der Waals surface area contributed by atoms with Crippen molar-refractivity contribution in [3.8, 4) is 0 Å². The number of carbonyl (C=O) groups excluding carboxylic acids is 1. The molecule has 0 unspecified atom stereocenters. The monoisotopic (exact) mass is 322 g/mol.